The topological polar surface area (TPSA) is 93.1 Å². The van der Waals surface area contributed by atoms with Gasteiger partial charge in [0.15, 0.2) is 0 Å². The van der Waals surface area contributed by atoms with Crippen LogP contribution in [0.15, 0.2) is 12.2 Å². The first kappa shape index (κ1) is 15.0. The third-order valence-corrected chi connectivity index (χ3v) is 4.30. The van der Waals surface area contributed by atoms with Gasteiger partial charge in [0.25, 0.3) is 0 Å². The Bertz CT molecular complexity index is 405. The number of ether oxygens (including phenoxy) is 2. The maximum atomic E-state index is 11.7. The monoisotopic (exact) mass is 284 g/mol. The van der Waals surface area contributed by atoms with Crippen molar-refractivity contribution in [1.82, 2.24) is 0 Å². The quantitative estimate of drug-likeness (QED) is 0.714. The lowest BCUT2D eigenvalue weighted by atomic mass is 9.57. The van der Waals surface area contributed by atoms with Gasteiger partial charge in [0, 0.05) is 13.2 Å². The fourth-order valence-corrected chi connectivity index (χ4v) is 3.58. The summed E-state index contributed by atoms with van der Waals surface area (Å²) in [6.07, 6.45) is 4.29. The Balaban J connectivity index is 2.53. The average Bonchev–Trinajstić information content (AvgIpc) is 2.39. The molecule has 0 radical (unpaired) electrons. The van der Waals surface area contributed by atoms with Gasteiger partial charge in [-0.2, -0.15) is 0 Å². The third kappa shape index (κ3) is 2.03. The molecule has 0 aliphatic heterocycles. The first-order valence-corrected chi connectivity index (χ1v) is 6.86. The molecule has 3 rings (SSSR count). The van der Waals surface area contributed by atoms with Crippen molar-refractivity contribution < 1.29 is 29.3 Å². The summed E-state index contributed by atoms with van der Waals surface area (Å²) in [6, 6.07) is 0. The zero-order valence-corrected chi connectivity index (χ0v) is 11.7. The number of hydrogen-bond acceptors (Lipinski definition) is 4. The largest absolute Gasteiger partial charge is 0.481 e. The van der Waals surface area contributed by atoms with E-state index in [2.05, 4.69) is 0 Å². The summed E-state index contributed by atoms with van der Waals surface area (Å²) >= 11 is 0. The van der Waals surface area contributed by atoms with E-state index in [-0.39, 0.29) is 0 Å². The van der Waals surface area contributed by atoms with E-state index in [1.165, 1.54) is 0 Å². The number of rotatable bonds is 6. The number of carboxylic acid groups (broad SMARTS) is 2. The molecule has 6 nitrogen and oxygen atoms in total. The molecule has 0 saturated heterocycles. The van der Waals surface area contributed by atoms with Crippen molar-refractivity contribution >= 4 is 11.9 Å². The Morgan fingerprint density at radius 3 is 1.55 bits per heavy atom. The van der Waals surface area contributed by atoms with Crippen molar-refractivity contribution in [2.45, 2.75) is 37.9 Å². The van der Waals surface area contributed by atoms with Crippen LogP contribution in [0.4, 0.5) is 0 Å². The van der Waals surface area contributed by atoms with Crippen LogP contribution < -0.4 is 0 Å². The highest BCUT2D eigenvalue weighted by Crippen LogP contribution is 2.53. The average molecular weight is 284 g/mol. The molecule has 0 aromatic carbocycles. The summed E-state index contributed by atoms with van der Waals surface area (Å²) in [5.74, 6) is -4.58. The summed E-state index contributed by atoms with van der Waals surface area (Å²) in [5, 5.41) is 19.0. The van der Waals surface area contributed by atoms with Crippen LogP contribution in [0.5, 0.6) is 0 Å². The molecule has 4 atom stereocenters. The smallest absolute Gasteiger partial charge is 0.310 e. The minimum atomic E-state index is -1.15. The molecule has 0 unspecified atom stereocenters. The highest BCUT2D eigenvalue weighted by Gasteiger charge is 2.64. The van der Waals surface area contributed by atoms with Gasteiger partial charge in [0.2, 0.25) is 0 Å². The van der Waals surface area contributed by atoms with Crippen molar-refractivity contribution in [3.05, 3.63) is 12.2 Å². The number of fused-ring (bicyclic) bond motifs is 2. The van der Waals surface area contributed by atoms with Gasteiger partial charge in [-0.05, 0) is 26.7 Å². The Morgan fingerprint density at radius 2 is 1.35 bits per heavy atom. The van der Waals surface area contributed by atoms with Gasteiger partial charge in [0.1, 0.15) is 23.0 Å². The molecule has 0 aromatic rings. The Morgan fingerprint density at radius 1 is 1.00 bits per heavy atom. The van der Waals surface area contributed by atoms with Crippen LogP contribution >= 0.6 is 0 Å². The molecule has 3 aliphatic carbocycles. The zero-order valence-electron chi connectivity index (χ0n) is 11.7. The lowest BCUT2D eigenvalue weighted by molar-refractivity contribution is -0.206. The minimum Gasteiger partial charge on any atom is -0.481 e. The molecule has 1 fully saturated rings. The first-order valence-electron chi connectivity index (χ1n) is 6.86. The second-order valence-corrected chi connectivity index (χ2v) is 5.24. The van der Waals surface area contributed by atoms with Crippen LogP contribution in [0.2, 0.25) is 0 Å². The molecule has 2 bridgehead atoms. The lowest BCUT2D eigenvalue weighted by Crippen LogP contribution is -2.65. The van der Waals surface area contributed by atoms with Crippen LogP contribution in [-0.4, -0.2) is 46.6 Å². The third-order valence-electron chi connectivity index (χ3n) is 4.30. The van der Waals surface area contributed by atoms with Crippen molar-refractivity contribution in [2.75, 3.05) is 13.2 Å². The molecule has 6 heteroatoms. The molecule has 2 N–H and O–H groups in total. The molecule has 1 saturated carbocycles. The molecule has 0 aromatic heterocycles. The van der Waals surface area contributed by atoms with E-state index in [1.54, 1.807) is 26.0 Å². The van der Waals surface area contributed by atoms with Gasteiger partial charge in [-0.15, -0.1) is 0 Å². The molecule has 112 valence electrons. The number of carboxylic acids is 2. The van der Waals surface area contributed by atoms with E-state index in [0.29, 0.717) is 26.1 Å². The van der Waals surface area contributed by atoms with E-state index in [4.69, 9.17) is 9.47 Å². The number of aliphatic carboxylic acids is 2. The number of carbonyl (C=O) groups is 2. The molecular weight excluding hydrogens is 264 g/mol. The van der Waals surface area contributed by atoms with Gasteiger partial charge in [-0.25, -0.2) is 0 Å². The molecule has 20 heavy (non-hydrogen) atoms. The Labute approximate surface area is 117 Å². The molecule has 3 aliphatic rings. The molecular formula is C14H20O6. The fraction of sp³-hybridized carbons (Fsp3) is 0.714. The molecule has 0 heterocycles. The summed E-state index contributed by atoms with van der Waals surface area (Å²) in [4.78, 5) is 23.3. The SMILES string of the molecule is CCO[C@]12C=C[C@@](OCC)(CC1)[C@@H](C(=O)O)[C@H]2C(=O)O. The number of hydrogen-bond donors (Lipinski definition) is 2. The predicted octanol–water partition coefficient (Wildman–Crippen LogP) is 1.30. The second-order valence-electron chi connectivity index (χ2n) is 5.24. The highest BCUT2D eigenvalue weighted by molar-refractivity contribution is 5.84. The van der Waals surface area contributed by atoms with Gasteiger partial charge in [0.05, 0.1) is 0 Å². The minimum absolute atomic E-state index is 0.335. The molecule has 0 amide bonds. The van der Waals surface area contributed by atoms with Crippen molar-refractivity contribution in [2.24, 2.45) is 11.8 Å². The summed E-state index contributed by atoms with van der Waals surface area (Å²) in [5.41, 5.74) is -2.08. The first-order chi connectivity index (χ1) is 9.42. The lowest BCUT2D eigenvalue weighted by Gasteiger charge is -2.54. The molecule has 0 spiro atoms. The maximum Gasteiger partial charge on any atom is 0.310 e. The van der Waals surface area contributed by atoms with Crippen LogP contribution in [0.3, 0.4) is 0 Å². The second kappa shape index (κ2) is 5.18. The normalized spacial score (nSPS) is 38.9. The van der Waals surface area contributed by atoms with Crippen LogP contribution in [0, 0.1) is 11.8 Å². The standard InChI is InChI=1S/C14H20O6/c1-3-19-13-5-7-14(8-6-13,20-4-2)10(12(17)18)9(13)11(15)16/h5,7,9-10H,3-4,6,8H2,1-2H3,(H,15,16)(H,17,18)/t9-,10+,13-,14-/m1/s1. The predicted molar refractivity (Wildman–Crippen MR) is 69.3 cm³/mol. The fourth-order valence-electron chi connectivity index (χ4n) is 3.58. The summed E-state index contributed by atoms with van der Waals surface area (Å²) in [7, 11) is 0. The highest BCUT2D eigenvalue weighted by atomic mass is 16.5. The van der Waals surface area contributed by atoms with E-state index in [9.17, 15) is 19.8 Å². The van der Waals surface area contributed by atoms with E-state index in [0.717, 1.165) is 0 Å². The van der Waals surface area contributed by atoms with Gasteiger partial charge >= 0.3 is 11.9 Å². The van der Waals surface area contributed by atoms with Crippen LogP contribution in [0.1, 0.15) is 26.7 Å². The van der Waals surface area contributed by atoms with E-state index >= 15 is 0 Å². The zero-order chi connectivity index (χ0) is 15.0. The van der Waals surface area contributed by atoms with Crippen molar-refractivity contribution in [3.63, 3.8) is 0 Å². The van der Waals surface area contributed by atoms with Crippen LogP contribution in [-0.2, 0) is 19.1 Å². The van der Waals surface area contributed by atoms with Crippen LogP contribution in [0.25, 0.3) is 0 Å². The Kier molecular flexibility index (Phi) is 3.88. The van der Waals surface area contributed by atoms with Gasteiger partial charge in [-0.3, -0.25) is 9.59 Å². The summed E-state index contributed by atoms with van der Waals surface area (Å²) < 4.78 is 11.3. The maximum absolute atomic E-state index is 11.7. The van der Waals surface area contributed by atoms with E-state index in [1.807, 2.05) is 0 Å². The Hall–Kier alpha value is -1.40. The van der Waals surface area contributed by atoms with Crippen molar-refractivity contribution in [3.8, 4) is 0 Å². The van der Waals surface area contributed by atoms with E-state index < -0.39 is 35.0 Å². The van der Waals surface area contributed by atoms with Gasteiger partial charge in [-0.1, -0.05) is 12.2 Å². The van der Waals surface area contributed by atoms with Crippen molar-refractivity contribution in [1.29, 1.82) is 0 Å². The van der Waals surface area contributed by atoms with Gasteiger partial charge < -0.3 is 19.7 Å². The summed E-state index contributed by atoms with van der Waals surface area (Å²) in [6.45, 7) is 4.22.